The summed E-state index contributed by atoms with van der Waals surface area (Å²) in [5.74, 6) is 0.694. The van der Waals surface area contributed by atoms with Crippen LogP contribution < -0.4 is 0 Å². The summed E-state index contributed by atoms with van der Waals surface area (Å²) < 4.78 is 12.7. The number of aryl methyl sites for hydroxylation is 1. The van der Waals surface area contributed by atoms with Crippen molar-refractivity contribution in [1.82, 2.24) is 4.90 Å². The number of nitrogens with zero attached hydrogens (tertiary/aromatic N) is 1. The molecule has 1 aliphatic rings. The first-order chi connectivity index (χ1) is 7.24. The Morgan fingerprint density at radius 3 is 2.67 bits per heavy atom. The molecule has 1 fully saturated rings. The molecule has 15 heavy (non-hydrogen) atoms. The number of benzene rings is 1. The van der Waals surface area contributed by atoms with E-state index in [1.807, 2.05) is 12.1 Å². The van der Waals surface area contributed by atoms with Gasteiger partial charge in [0.2, 0.25) is 0 Å². The minimum atomic E-state index is -0.139. The van der Waals surface area contributed by atoms with Crippen LogP contribution in [-0.4, -0.2) is 25.0 Å². The molecule has 0 aromatic heterocycles. The minimum Gasteiger partial charge on any atom is -0.306 e. The van der Waals surface area contributed by atoms with Gasteiger partial charge < -0.3 is 4.90 Å². The average molecular weight is 207 g/mol. The maximum atomic E-state index is 12.7. The third kappa shape index (κ3) is 3.03. The lowest BCUT2D eigenvalue weighted by Gasteiger charge is -2.09. The summed E-state index contributed by atoms with van der Waals surface area (Å²) in [6, 6.07) is 6.90. The quantitative estimate of drug-likeness (QED) is 0.736. The highest BCUT2D eigenvalue weighted by molar-refractivity contribution is 5.16. The monoisotopic (exact) mass is 207 g/mol. The van der Waals surface area contributed by atoms with Crippen molar-refractivity contribution in [1.29, 1.82) is 0 Å². The van der Waals surface area contributed by atoms with E-state index >= 15 is 0 Å². The zero-order chi connectivity index (χ0) is 10.7. The van der Waals surface area contributed by atoms with E-state index < -0.39 is 0 Å². The maximum Gasteiger partial charge on any atom is 0.123 e. The molecule has 0 aliphatic carbocycles. The van der Waals surface area contributed by atoms with E-state index in [0.29, 0.717) is 0 Å². The van der Waals surface area contributed by atoms with Gasteiger partial charge in [-0.3, -0.25) is 0 Å². The molecule has 1 aliphatic heterocycles. The molecule has 1 aromatic rings. The molecule has 0 radical (unpaired) electrons. The first kappa shape index (κ1) is 10.6. The Labute approximate surface area is 90.9 Å². The van der Waals surface area contributed by atoms with Gasteiger partial charge in [0, 0.05) is 6.54 Å². The van der Waals surface area contributed by atoms with Gasteiger partial charge in [0.1, 0.15) is 5.82 Å². The molecular weight excluding hydrogens is 189 g/mol. The Balaban J connectivity index is 1.80. The number of hydrogen-bond acceptors (Lipinski definition) is 1. The predicted octanol–water partition coefficient (Wildman–Crippen LogP) is 2.71. The first-order valence-electron chi connectivity index (χ1n) is 5.67. The summed E-state index contributed by atoms with van der Waals surface area (Å²) in [7, 11) is 2.18. The predicted molar refractivity (Wildman–Crippen MR) is 60.3 cm³/mol. The Kier molecular flexibility index (Phi) is 3.37. The molecule has 82 valence electrons. The third-order valence-electron chi connectivity index (χ3n) is 3.24. The smallest absolute Gasteiger partial charge is 0.123 e. The van der Waals surface area contributed by atoms with Crippen molar-refractivity contribution >= 4 is 0 Å². The van der Waals surface area contributed by atoms with Crippen LogP contribution in [0.4, 0.5) is 4.39 Å². The van der Waals surface area contributed by atoms with Crippen LogP contribution in [0, 0.1) is 11.7 Å². The lowest BCUT2D eigenvalue weighted by Crippen LogP contribution is -2.14. The normalized spacial score (nSPS) is 22.1. The van der Waals surface area contributed by atoms with Gasteiger partial charge >= 0.3 is 0 Å². The van der Waals surface area contributed by atoms with Crippen molar-refractivity contribution < 1.29 is 4.39 Å². The molecule has 1 nitrogen and oxygen atoms in total. The number of rotatable bonds is 3. The molecule has 0 amide bonds. The minimum absolute atomic E-state index is 0.139. The van der Waals surface area contributed by atoms with Gasteiger partial charge in [0.15, 0.2) is 0 Å². The first-order valence-corrected chi connectivity index (χ1v) is 5.67. The molecule has 2 heteroatoms. The number of likely N-dealkylation sites (tertiary alicyclic amines) is 1. The summed E-state index contributed by atoms with van der Waals surface area (Å²) in [6.07, 6.45) is 3.63. The molecule has 2 rings (SSSR count). The summed E-state index contributed by atoms with van der Waals surface area (Å²) in [4.78, 5) is 2.38. The SMILES string of the molecule is CN1CCC(CCc2ccc(F)cc2)C1. The lowest BCUT2D eigenvalue weighted by molar-refractivity contribution is 0.388. The van der Waals surface area contributed by atoms with Crippen molar-refractivity contribution in [2.75, 3.05) is 20.1 Å². The van der Waals surface area contributed by atoms with Crippen LogP contribution in [0.15, 0.2) is 24.3 Å². The largest absolute Gasteiger partial charge is 0.306 e. The highest BCUT2D eigenvalue weighted by Gasteiger charge is 2.18. The Morgan fingerprint density at radius 1 is 1.33 bits per heavy atom. The zero-order valence-electron chi connectivity index (χ0n) is 9.25. The molecule has 0 bridgehead atoms. The summed E-state index contributed by atoms with van der Waals surface area (Å²) in [6.45, 7) is 2.45. The second-order valence-electron chi connectivity index (χ2n) is 4.58. The second kappa shape index (κ2) is 4.75. The molecule has 0 N–H and O–H groups in total. The van der Waals surface area contributed by atoms with Gasteiger partial charge in [-0.05, 0) is 56.5 Å². The molecule has 0 spiro atoms. The Hall–Kier alpha value is -0.890. The van der Waals surface area contributed by atoms with Crippen LogP contribution in [-0.2, 0) is 6.42 Å². The highest BCUT2D eigenvalue weighted by atomic mass is 19.1. The van der Waals surface area contributed by atoms with E-state index in [4.69, 9.17) is 0 Å². The van der Waals surface area contributed by atoms with Gasteiger partial charge in [-0.1, -0.05) is 12.1 Å². The second-order valence-corrected chi connectivity index (χ2v) is 4.58. The van der Waals surface area contributed by atoms with Crippen molar-refractivity contribution in [3.8, 4) is 0 Å². The van der Waals surface area contributed by atoms with E-state index in [9.17, 15) is 4.39 Å². The maximum absolute atomic E-state index is 12.7. The molecule has 1 atom stereocenters. The Morgan fingerprint density at radius 2 is 2.07 bits per heavy atom. The van der Waals surface area contributed by atoms with Crippen molar-refractivity contribution in [2.24, 2.45) is 5.92 Å². The molecular formula is C13H18FN. The van der Waals surface area contributed by atoms with E-state index in [-0.39, 0.29) is 5.82 Å². The van der Waals surface area contributed by atoms with E-state index in [1.54, 1.807) is 12.1 Å². The van der Waals surface area contributed by atoms with E-state index in [2.05, 4.69) is 11.9 Å². The number of hydrogen-bond donors (Lipinski definition) is 0. The summed E-state index contributed by atoms with van der Waals surface area (Å²) in [5, 5.41) is 0. The standard InChI is InChI=1S/C13H18FN/c1-15-9-8-12(10-15)3-2-11-4-6-13(14)7-5-11/h4-7,12H,2-3,8-10H2,1H3. The summed E-state index contributed by atoms with van der Waals surface area (Å²) >= 11 is 0. The van der Waals surface area contributed by atoms with Crippen LogP contribution in [0.3, 0.4) is 0 Å². The molecule has 0 saturated carbocycles. The van der Waals surface area contributed by atoms with Gasteiger partial charge in [-0.15, -0.1) is 0 Å². The average Bonchev–Trinajstić information content (AvgIpc) is 2.64. The van der Waals surface area contributed by atoms with Crippen molar-refractivity contribution in [3.63, 3.8) is 0 Å². The third-order valence-corrected chi connectivity index (χ3v) is 3.24. The molecule has 1 heterocycles. The van der Waals surface area contributed by atoms with Crippen LogP contribution in [0.2, 0.25) is 0 Å². The van der Waals surface area contributed by atoms with Crippen LogP contribution in [0.5, 0.6) is 0 Å². The topological polar surface area (TPSA) is 3.24 Å². The van der Waals surface area contributed by atoms with Crippen molar-refractivity contribution in [3.05, 3.63) is 35.6 Å². The Bertz CT molecular complexity index is 307. The molecule has 1 saturated heterocycles. The fourth-order valence-electron chi connectivity index (χ4n) is 2.28. The van der Waals surface area contributed by atoms with Gasteiger partial charge in [0.25, 0.3) is 0 Å². The highest BCUT2D eigenvalue weighted by Crippen LogP contribution is 2.20. The fraction of sp³-hybridized carbons (Fsp3) is 0.538. The van der Waals surface area contributed by atoms with Gasteiger partial charge in [-0.25, -0.2) is 4.39 Å². The van der Waals surface area contributed by atoms with Gasteiger partial charge in [0.05, 0.1) is 0 Å². The molecule has 1 aromatic carbocycles. The van der Waals surface area contributed by atoms with Crippen molar-refractivity contribution in [2.45, 2.75) is 19.3 Å². The van der Waals surface area contributed by atoms with Crippen LogP contribution in [0.1, 0.15) is 18.4 Å². The van der Waals surface area contributed by atoms with Crippen LogP contribution in [0.25, 0.3) is 0 Å². The summed E-state index contributed by atoms with van der Waals surface area (Å²) in [5.41, 5.74) is 1.26. The zero-order valence-corrected chi connectivity index (χ0v) is 9.25. The van der Waals surface area contributed by atoms with E-state index in [0.717, 1.165) is 12.3 Å². The number of halogens is 1. The van der Waals surface area contributed by atoms with E-state index in [1.165, 1.54) is 31.5 Å². The van der Waals surface area contributed by atoms with Gasteiger partial charge in [-0.2, -0.15) is 0 Å². The molecule has 1 unspecified atom stereocenters. The van der Waals surface area contributed by atoms with Crippen LogP contribution >= 0.6 is 0 Å². The lowest BCUT2D eigenvalue weighted by atomic mass is 9.99. The fourth-order valence-corrected chi connectivity index (χ4v) is 2.28.